The maximum absolute atomic E-state index is 14.1. The van der Waals surface area contributed by atoms with Crippen LogP contribution in [-0.4, -0.2) is 287 Å². The van der Waals surface area contributed by atoms with E-state index >= 15 is 0 Å². The lowest BCUT2D eigenvalue weighted by Gasteiger charge is -2.30. The number of thioether (sulfide) groups is 1. The normalized spacial score (nSPS) is 19.1. The number of aliphatic hydroxyl groups is 4. The van der Waals surface area contributed by atoms with E-state index in [0.717, 1.165) is 24.0 Å². The number of primary amides is 1. The van der Waals surface area contributed by atoms with Crippen LogP contribution in [0.2, 0.25) is 0 Å². The lowest BCUT2D eigenvalue weighted by Crippen LogP contribution is -2.61. The Bertz CT molecular complexity index is 3200. The standard InChI is InChI=1S/C57H91N18O25PS/c1-26(2)14-31(50(89)68-33(19-76)46(58)85)67-47(86)27(3)63-53(92)35(21-78)71-55(94)39-8-7-13-75(39)56(95)37(23-100-101(97,98)99)72-48(87)28(4)64-52(91)34(20-77)69-49(88)30(11-12-44(83)84)66-54(93)36(22-79)70-51(90)32(15-29-16-59-25-62-29)65-43(82)18-61-42(81)17-60-41(80)10-6-5-9-40-45-38(24-102-40)73-57(96)74-45/h16,25-28,30-40,45,76-79H,5-15,17-24H2,1-4H3,(H2,58,85)(H,59,62)(H,60,80)(H,61,81)(H,63,92)(H,64,91)(H,65,82)(H,66,93)(H,67,86)(H,68,89)(H,69,88)(H,70,90)(H,71,94)(H,72,87)(H,83,84)(H2,73,74,96)(H2,97,98,99)/t27-,28-,30-,31-,32-,33-,34-,35-,36-,37?,38-,39-,40-,45-/m0/s1. The summed E-state index contributed by atoms with van der Waals surface area (Å²) in [6.45, 7) is -1.47. The third-order valence-electron chi connectivity index (χ3n) is 15.9. The fourth-order valence-electron chi connectivity index (χ4n) is 10.4. The smallest absolute Gasteiger partial charge is 0.469 e. The number of nitrogens with two attached hydrogens (primary N) is 1. The minimum Gasteiger partial charge on any atom is -0.481 e. The summed E-state index contributed by atoms with van der Waals surface area (Å²) in [6, 6.07) is -18.9. The minimum absolute atomic E-state index is 0.0143. The predicted octanol–water partition coefficient (Wildman–Crippen LogP) is -10.7. The number of nitrogens with zero attached hydrogens (tertiary/aromatic N) is 2. The minimum atomic E-state index is -5.42. The van der Waals surface area contributed by atoms with Crippen molar-refractivity contribution in [1.82, 2.24) is 89.3 Å². The van der Waals surface area contributed by atoms with E-state index < -0.39 is 222 Å². The first-order chi connectivity index (χ1) is 48.1. The Kier molecular flexibility index (Phi) is 34.8. The van der Waals surface area contributed by atoms with Crippen LogP contribution in [0, 0.1) is 5.92 Å². The number of imidazole rings is 1. The monoisotopic (exact) mass is 1490 g/mol. The van der Waals surface area contributed by atoms with Crippen molar-refractivity contribution in [2.24, 2.45) is 11.7 Å². The van der Waals surface area contributed by atoms with Crippen LogP contribution in [0.5, 0.6) is 0 Å². The van der Waals surface area contributed by atoms with Crippen LogP contribution in [0.1, 0.15) is 91.2 Å². The predicted molar refractivity (Wildman–Crippen MR) is 350 cm³/mol. The van der Waals surface area contributed by atoms with Crippen LogP contribution < -0.4 is 80.2 Å². The molecule has 0 bridgehead atoms. The van der Waals surface area contributed by atoms with E-state index in [1.165, 1.54) is 19.4 Å². The fourth-order valence-corrected chi connectivity index (χ4v) is 12.3. The molecule has 0 spiro atoms. The average molecular weight is 1490 g/mol. The number of fused-ring (bicyclic) bond motifs is 1. The van der Waals surface area contributed by atoms with Gasteiger partial charge in [-0.15, -0.1) is 0 Å². The van der Waals surface area contributed by atoms with Gasteiger partial charge in [-0.25, -0.2) is 14.3 Å². The van der Waals surface area contributed by atoms with Crippen LogP contribution in [0.4, 0.5) is 4.79 Å². The third kappa shape index (κ3) is 28.3. The van der Waals surface area contributed by atoms with Gasteiger partial charge in [-0.2, -0.15) is 11.8 Å². The summed E-state index contributed by atoms with van der Waals surface area (Å²) in [5, 5.41) is 82.5. The van der Waals surface area contributed by atoms with Crippen molar-refractivity contribution in [1.29, 1.82) is 0 Å². The van der Waals surface area contributed by atoms with Gasteiger partial charge >= 0.3 is 19.8 Å². The Morgan fingerprint density at radius 3 is 1.72 bits per heavy atom. The van der Waals surface area contributed by atoms with Gasteiger partial charge in [0.25, 0.3) is 0 Å². The number of carbonyl (C=O) groups is 16. The van der Waals surface area contributed by atoms with Crippen molar-refractivity contribution in [3.63, 3.8) is 0 Å². The van der Waals surface area contributed by atoms with Crippen molar-refractivity contribution in [3.8, 4) is 0 Å². The number of urea groups is 1. The van der Waals surface area contributed by atoms with Crippen LogP contribution >= 0.6 is 19.6 Å². The molecular formula is C57H91N18O25PS. The molecule has 4 heterocycles. The quantitative estimate of drug-likeness (QED) is 0.0164. The number of hydrogen-bond donors (Lipinski definition) is 23. The Morgan fingerprint density at radius 2 is 1.16 bits per heavy atom. The number of nitrogens with one attached hydrogen (secondary N) is 15. The number of aliphatic hydroxyl groups excluding tert-OH is 4. The molecule has 1 unspecified atom stereocenters. The lowest BCUT2D eigenvalue weighted by atomic mass is 10.0. The number of amides is 16. The molecule has 4 rings (SSSR count). The van der Waals surface area contributed by atoms with E-state index in [1.54, 1.807) is 25.6 Å². The van der Waals surface area contributed by atoms with Gasteiger partial charge in [0.05, 0.1) is 64.5 Å². The molecule has 0 aliphatic carbocycles. The van der Waals surface area contributed by atoms with Gasteiger partial charge in [0.2, 0.25) is 82.7 Å². The largest absolute Gasteiger partial charge is 0.481 e. The molecule has 102 heavy (non-hydrogen) atoms. The molecule has 1 aromatic heterocycles. The van der Waals surface area contributed by atoms with Gasteiger partial charge in [0, 0.05) is 48.7 Å². The first kappa shape index (κ1) is 85.2. The Balaban J connectivity index is 1.34. The summed E-state index contributed by atoms with van der Waals surface area (Å²) in [6.07, 6.45) is 2.71. The van der Waals surface area contributed by atoms with Gasteiger partial charge in [0.1, 0.15) is 66.5 Å². The number of carboxylic acid groups (broad SMARTS) is 1. The molecule has 570 valence electrons. The first-order valence-corrected chi connectivity index (χ1v) is 34.8. The maximum Gasteiger partial charge on any atom is 0.469 e. The van der Waals surface area contributed by atoms with Gasteiger partial charge in [-0.05, 0) is 58.3 Å². The molecule has 43 nitrogen and oxygen atoms in total. The number of H-pyrrole nitrogens is 1. The van der Waals surface area contributed by atoms with Crippen LogP contribution in [-0.2, 0) is 87.4 Å². The summed E-state index contributed by atoms with van der Waals surface area (Å²) < 4.78 is 16.4. The second-order valence-electron chi connectivity index (χ2n) is 24.4. The lowest BCUT2D eigenvalue weighted by molar-refractivity contribution is -0.143. The summed E-state index contributed by atoms with van der Waals surface area (Å²) in [7, 11) is -5.42. The van der Waals surface area contributed by atoms with Gasteiger partial charge in [-0.1, -0.05) is 20.3 Å². The number of carboxylic acids is 1. The first-order valence-electron chi connectivity index (χ1n) is 32.3. The molecule has 0 radical (unpaired) electrons. The molecular weight excluding hydrogens is 1400 g/mol. The van der Waals surface area contributed by atoms with Crippen LogP contribution in [0.25, 0.3) is 0 Å². The number of aromatic nitrogens is 2. The highest BCUT2D eigenvalue weighted by Crippen LogP contribution is 2.36. The number of carbonyl (C=O) groups excluding carboxylic acids is 15. The average Bonchev–Trinajstić information content (AvgIpc) is 1.64. The summed E-state index contributed by atoms with van der Waals surface area (Å²) in [5.74, 6) is -15.8. The van der Waals surface area contributed by atoms with Crippen molar-refractivity contribution in [3.05, 3.63) is 18.2 Å². The molecule has 3 fully saturated rings. The summed E-state index contributed by atoms with van der Waals surface area (Å²) in [5.41, 5.74) is 5.46. The molecule has 14 atom stereocenters. The van der Waals surface area contributed by atoms with E-state index in [0.29, 0.717) is 12.8 Å². The van der Waals surface area contributed by atoms with Crippen LogP contribution in [0.3, 0.4) is 0 Å². The second-order valence-corrected chi connectivity index (χ2v) is 26.9. The van der Waals surface area contributed by atoms with Crippen molar-refractivity contribution in [2.75, 3.05) is 58.4 Å². The molecule has 3 aliphatic heterocycles. The van der Waals surface area contributed by atoms with Crippen molar-refractivity contribution in [2.45, 2.75) is 176 Å². The molecule has 45 heteroatoms. The highest BCUT2D eigenvalue weighted by molar-refractivity contribution is 8.00. The zero-order valence-corrected chi connectivity index (χ0v) is 57.8. The van der Waals surface area contributed by atoms with E-state index in [-0.39, 0.29) is 73.6 Å². The van der Waals surface area contributed by atoms with Crippen LogP contribution in [0.15, 0.2) is 12.5 Å². The Hall–Kier alpha value is -9.17. The van der Waals surface area contributed by atoms with Gasteiger partial charge in [0.15, 0.2) is 0 Å². The SMILES string of the molecule is CC(C)C[C@H](NC(=O)[C@H](C)NC(=O)[C@H](CO)NC(=O)[C@@H]1CCCN1C(=O)C(COP(=O)(O)O)NC(=O)[C@H](C)NC(=O)[C@H](CO)NC(=O)[C@H](CCC(=O)O)NC(=O)[C@H](CO)NC(=O)[C@H](Cc1cnc[nH]1)NC(=O)CNC(=O)CNC(=O)CCCC[C@@H]1SC[C@@H]2NC(=O)N[C@@H]21)C(=O)N[C@@H](CO)C(N)=O. The van der Waals surface area contributed by atoms with E-state index in [1.807, 2.05) is 0 Å². The zero-order valence-electron chi connectivity index (χ0n) is 56.1. The molecule has 1 aromatic rings. The highest BCUT2D eigenvalue weighted by Gasteiger charge is 2.44. The number of rotatable bonds is 44. The molecule has 0 aromatic carbocycles. The highest BCUT2D eigenvalue weighted by atomic mass is 32.2. The van der Waals surface area contributed by atoms with E-state index in [2.05, 4.69) is 88.9 Å². The number of phosphoric acid groups is 1. The Morgan fingerprint density at radius 1 is 0.637 bits per heavy atom. The number of aromatic amines is 1. The van der Waals surface area contributed by atoms with E-state index in [9.17, 15) is 117 Å². The molecule has 0 saturated carbocycles. The number of aliphatic carboxylic acids is 1. The van der Waals surface area contributed by atoms with Gasteiger partial charge < -0.3 is 125 Å². The molecule has 16 amide bonds. The fraction of sp³-hybridized carbons (Fsp3) is 0.667. The maximum atomic E-state index is 14.1. The number of unbranched alkanes of at least 4 members (excludes halogenated alkanes) is 1. The molecule has 3 saturated heterocycles. The molecule has 24 N–H and O–H groups in total. The third-order valence-corrected chi connectivity index (χ3v) is 17.9. The summed E-state index contributed by atoms with van der Waals surface area (Å²) >= 11 is 1.73. The summed E-state index contributed by atoms with van der Waals surface area (Å²) in [4.78, 5) is 235. The number of phosphoric ester groups is 1. The zero-order chi connectivity index (χ0) is 76.1. The Labute approximate surface area is 586 Å². The number of likely N-dealkylation sites (tertiary alicyclic amines) is 1. The topological polar surface area (TPSA) is 667 Å². The van der Waals surface area contributed by atoms with Gasteiger partial charge in [-0.3, -0.25) is 76.4 Å². The van der Waals surface area contributed by atoms with E-state index in [4.69, 9.17) is 5.73 Å². The van der Waals surface area contributed by atoms with Crippen molar-refractivity contribution >= 4 is 114 Å². The molecule has 3 aliphatic rings. The second kappa shape index (κ2) is 41.7. The van der Waals surface area contributed by atoms with Crippen molar-refractivity contribution < 1.29 is 121 Å². The number of hydrogen-bond acceptors (Lipinski definition) is 24.